The minimum atomic E-state index is -1.06. The fourth-order valence-electron chi connectivity index (χ4n) is 4.03. The number of benzene rings is 3. The average Bonchev–Trinajstić information content (AvgIpc) is 3.40. The molecular weight excluding hydrogens is 522 g/mol. The molecule has 1 saturated heterocycles. The largest absolute Gasteiger partial charge is 0.494 e. The Bertz CT molecular complexity index is 1420. The summed E-state index contributed by atoms with van der Waals surface area (Å²) < 4.78 is 16.4. The quantitative estimate of drug-likeness (QED) is 0.417. The highest BCUT2D eigenvalue weighted by Gasteiger charge is 2.36. The SMILES string of the molecule is CCOc1ccc(N=C2S[C@H](C(=O)Nc3ccc(C(=O)O)cc3)CC(=O)N2Cc2ccc3c(c2)OCO3)cc1. The van der Waals surface area contributed by atoms with Crippen molar-refractivity contribution in [2.24, 2.45) is 4.99 Å². The van der Waals surface area contributed by atoms with Crippen LogP contribution in [0.1, 0.15) is 29.3 Å². The van der Waals surface area contributed by atoms with Gasteiger partial charge in [-0.25, -0.2) is 9.79 Å². The van der Waals surface area contributed by atoms with Gasteiger partial charge in [0.05, 0.1) is 24.4 Å². The highest BCUT2D eigenvalue weighted by molar-refractivity contribution is 8.15. The number of hydrogen-bond donors (Lipinski definition) is 2. The van der Waals surface area contributed by atoms with E-state index in [4.69, 9.17) is 24.3 Å². The van der Waals surface area contributed by atoms with E-state index >= 15 is 0 Å². The molecule has 11 heteroatoms. The predicted molar refractivity (Wildman–Crippen MR) is 146 cm³/mol. The molecule has 5 rings (SSSR count). The van der Waals surface area contributed by atoms with Crippen molar-refractivity contribution in [1.82, 2.24) is 4.90 Å². The zero-order valence-corrected chi connectivity index (χ0v) is 21.8. The lowest BCUT2D eigenvalue weighted by molar-refractivity contribution is -0.129. The van der Waals surface area contributed by atoms with Gasteiger partial charge in [0.15, 0.2) is 16.7 Å². The number of nitrogens with zero attached hydrogens (tertiary/aromatic N) is 2. The number of nitrogens with one attached hydrogen (secondary N) is 1. The molecule has 0 bridgehead atoms. The molecule has 0 aromatic heterocycles. The summed E-state index contributed by atoms with van der Waals surface area (Å²) in [4.78, 5) is 43.9. The van der Waals surface area contributed by atoms with E-state index < -0.39 is 11.2 Å². The number of hydrogen-bond acceptors (Lipinski definition) is 8. The van der Waals surface area contributed by atoms with Crippen molar-refractivity contribution in [2.45, 2.75) is 25.1 Å². The fraction of sp³-hybridized carbons (Fsp3) is 0.214. The summed E-state index contributed by atoms with van der Waals surface area (Å²) in [7, 11) is 0. The highest BCUT2D eigenvalue weighted by atomic mass is 32.2. The number of carbonyl (C=O) groups is 3. The molecule has 1 fully saturated rings. The average molecular weight is 548 g/mol. The summed E-state index contributed by atoms with van der Waals surface area (Å²) in [6, 6.07) is 18.5. The first-order chi connectivity index (χ1) is 18.9. The molecular formula is C28H25N3O7S. The molecule has 200 valence electrons. The van der Waals surface area contributed by atoms with E-state index in [9.17, 15) is 14.4 Å². The normalized spacial score (nSPS) is 17.3. The van der Waals surface area contributed by atoms with E-state index in [0.29, 0.717) is 40.4 Å². The van der Waals surface area contributed by atoms with Crippen LogP contribution in [0.2, 0.25) is 0 Å². The second-order valence-corrected chi connectivity index (χ2v) is 9.84. The van der Waals surface area contributed by atoms with Crippen LogP contribution in [0.3, 0.4) is 0 Å². The van der Waals surface area contributed by atoms with Crippen molar-refractivity contribution in [3.8, 4) is 17.2 Å². The Morgan fingerprint density at radius 3 is 2.54 bits per heavy atom. The Labute approximate surface area is 228 Å². The second kappa shape index (κ2) is 11.5. The first kappa shape index (κ1) is 26.1. The number of fused-ring (bicyclic) bond motifs is 1. The predicted octanol–water partition coefficient (Wildman–Crippen LogP) is 4.67. The monoisotopic (exact) mass is 547 g/mol. The number of carboxylic acid groups (broad SMARTS) is 1. The molecule has 2 N–H and O–H groups in total. The van der Waals surface area contributed by atoms with E-state index in [2.05, 4.69) is 5.32 Å². The van der Waals surface area contributed by atoms with Crippen LogP contribution >= 0.6 is 11.8 Å². The van der Waals surface area contributed by atoms with E-state index in [1.807, 2.05) is 19.1 Å². The van der Waals surface area contributed by atoms with Crippen molar-refractivity contribution in [1.29, 1.82) is 0 Å². The molecule has 0 radical (unpaired) electrons. The molecule has 10 nitrogen and oxygen atoms in total. The summed E-state index contributed by atoms with van der Waals surface area (Å²) in [6.45, 7) is 2.83. The summed E-state index contributed by atoms with van der Waals surface area (Å²) >= 11 is 1.19. The zero-order valence-electron chi connectivity index (χ0n) is 21.0. The van der Waals surface area contributed by atoms with Crippen molar-refractivity contribution in [3.63, 3.8) is 0 Å². The van der Waals surface area contributed by atoms with Crippen molar-refractivity contribution >= 4 is 46.1 Å². The fourth-order valence-corrected chi connectivity index (χ4v) is 5.13. The molecule has 2 heterocycles. The Kier molecular flexibility index (Phi) is 7.69. The van der Waals surface area contributed by atoms with Crippen LogP contribution in [0, 0.1) is 0 Å². The molecule has 0 spiro atoms. The van der Waals surface area contributed by atoms with Crippen molar-refractivity contribution < 1.29 is 33.7 Å². The van der Waals surface area contributed by atoms with Crippen LogP contribution in [0.15, 0.2) is 71.7 Å². The molecule has 2 aliphatic heterocycles. The number of thioether (sulfide) groups is 1. The van der Waals surface area contributed by atoms with Gasteiger partial charge in [-0.2, -0.15) is 0 Å². The number of aromatic carboxylic acids is 1. The van der Waals surface area contributed by atoms with Gasteiger partial charge in [-0.1, -0.05) is 17.8 Å². The van der Waals surface area contributed by atoms with Gasteiger partial charge in [0.25, 0.3) is 0 Å². The van der Waals surface area contributed by atoms with Crippen LogP contribution in [0.25, 0.3) is 0 Å². The highest BCUT2D eigenvalue weighted by Crippen LogP contribution is 2.35. The molecule has 0 saturated carbocycles. The van der Waals surface area contributed by atoms with E-state index in [0.717, 1.165) is 5.56 Å². The van der Waals surface area contributed by atoms with Crippen LogP contribution in [-0.4, -0.2) is 51.6 Å². The zero-order chi connectivity index (χ0) is 27.4. The number of carbonyl (C=O) groups excluding carboxylic acids is 2. The Hall–Kier alpha value is -4.51. The molecule has 1 atom stereocenters. The lowest BCUT2D eigenvalue weighted by Crippen LogP contribution is -2.44. The maximum atomic E-state index is 13.4. The second-order valence-electron chi connectivity index (χ2n) is 8.67. The number of rotatable bonds is 8. The van der Waals surface area contributed by atoms with E-state index in [-0.39, 0.29) is 37.1 Å². The lowest BCUT2D eigenvalue weighted by Gasteiger charge is -2.32. The third kappa shape index (κ3) is 6.15. The molecule has 0 aliphatic carbocycles. The van der Waals surface area contributed by atoms with Crippen LogP contribution in [0.4, 0.5) is 11.4 Å². The van der Waals surface area contributed by atoms with E-state index in [1.54, 1.807) is 35.2 Å². The number of ether oxygens (including phenoxy) is 3. The smallest absolute Gasteiger partial charge is 0.335 e. The minimum Gasteiger partial charge on any atom is -0.494 e. The number of aliphatic imine (C=N–C) groups is 1. The molecule has 3 aromatic rings. The number of anilines is 1. The summed E-state index contributed by atoms with van der Waals surface area (Å²) in [5.41, 5.74) is 1.98. The maximum absolute atomic E-state index is 13.4. The van der Waals surface area contributed by atoms with Crippen molar-refractivity contribution in [3.05, 3.63) is 77.9 Å². The third-order valence-corrected chi connectivity index (χ3v) is 7.17. The molecule has 39 heavy (non-hydrogen) atoms. The van der Waals surface area contributed by atoms with Crippen molar-refractivity contribution in [2.75, 3.05) is 18.7 Å². The number of carboxylic acids is 1. The first-order valence-corrected chi connectivity index (χ1v) is 13.1. The third-order valence-electron chi connectivity index (χ3n) is 5.98. The summed E-state index contributed by atoms with van der Waals surface area (Å²) in [5, 5.41) is 11.5. The maximum Gasteiger partial charge on any atom is 0.335 e. The van der Waals surface area contributed by atoms with Crippen LogP contribution in [0.5, 0.6) is 17.2 Å². The van der Waals surface area contributed by atoms with Gasteiger partial charge in [0.2, 0.25) is 18.6 Å². The van der Waals surface area contributed by atoms with Gasteiger partial charge in [-0.3, -0.25) is 14.5 Å². The van der Waals surface area contributed by atoms with Gasteiger partial charge < -0.3 is 24.6 Å². The number of amidine groups is 1. The molecule has 0 unspecified atom stereocenters. The Morgan fingerprint density at radius 1 is 1.08 bits per heavy atom. The summed E-state index contributed by atoms with van der Waals surface area (Å²) in [5.74, 6) is 0.280. The standard InChI is InChI=1S/C28H25N3O7S/c1-2-36-21-10-8-20(9-11-21)30-28-31(15-17-3-12-22-23(13-17)38-16-37-22)25(32)14-24(39-28)26(33)29-19-6-4-18(5-7-19)27(34)35/h3-13,24H,2,14-16H2,1H3,(H,29,33)(H,34,35)/t24-/m0/s1. The number of amides is 2. The van der Waals surface area contributed by atoms with Gasteiger partial charge in [-0.05, 0) is 73.2 Å². The Balaban J connectivity index is 1.38. The van der Waals surface area contributed by atoms with Crippen LogP contribution < -0.4 is 19.5 Å². The topological polar surface area (TPSA) is 127 Å². The first-order valence-electron chi connectivity index (χ1n) is 12.2. The lowest BCUT2D eigenvalue weighted by atomic mass is 10.1. The van der Waals surface area contributed by atoms with Gasteiger partial charge in [0, 0.05) is 12.1 Å². The van der Waals surface area contributed by atoms with Gasteiger partial charge in [0.1, 0.15) is 11.0 Å². The van der Waals surface area contributed by atoms with Crippen LogP contribution in [-0.2, 0) is 16.1 Å². The van der Waals surface area contributed by atoms with Gasteiger partial charge in [-0.15, -0.1) is 0 Å². The molecule has 3 aromatic carbocycles. The van der Waals surface area contributed by atoms with Gasteiger partial charge >= 0.3 is 5.97 Å². The van der Waals surface area contributed by atoms with E-state index in [1.165, 1.54) is 36.0 Å². The summed E-state index contributed by atoms with van der Waals surface area (Å²) in [6.07, 6.45) is -0.0312. The molecule has 2 aliphatic rings. The molecule has 2 amide bonds. The minimum absolute atomic E-state index is 0.0312. The Morgan fingerprint density at radius 2 is 1.82 bits per heavy atom.